The second kappa shape index (κ2) is 8.08. The van der Waals surface area contributed by atoms with Crippen molar-refractivity contribution in [2.24, 2.45) is 5.41 Å². The van der Waals surface area contributed by atoms with E-state index in [1.165, 1.54) is 24.0 Å². The summed E-state index contributed by atoms with van der Waals surface area (Å²) >= 11 is 0. The highest BCUT2D eigenvalue weighted by Crippen LogP contribution is 2.45. The molecule has 1 aromatic heterocycles. The fourth-order valence-electron chi connectivity index (χ4n) is 4.97. The van der Waals surface area contributed by atoms with Crippen molar-refractivity contribution >= 4 is 5.91 Å². The summed E-state index contributed by atoms with van der Waals surface area (Å²) in [6.07, 6.45) is 7.49. The van der Waals surface area contributed by atoms with Gasteiger partial charge in [0.2, 0.25) is 5.91 Å². The Hall–Kier alpha value is -2.14. The summed E-state index contributed by atoms with van der Waals surface area (Å²) in [4.78, 5) is 17.7. The Bertz CT molecular complexity index is 792. The Morgan fingerprint density at radius 1 is 1.11 bits per heavy atom. The van der Waals surface area contributed by atoms with Crippen molar-refractivity contribution in [1.29, 1.82) is 0 Å². The van der Waals surface area contributed by atoms with E-state index in [0.717, 1.165) is 45.7 Å². The highest BCUT2D eigenvalue weighted by Gasteiger charge is 2.45. The Morgan fingerprint density at radius 3 is 2.50 bits per heavy atom. The van der Waals surface area contributed by atoms with Crippen molar-refractivity contribution in [1.82, 2.24) is 19.6 Å². The molecule has 0 N–H and O–H groups in total. The van der Waals surface area contributed by atoms with Crippen LogP contribution in [0, 0.1) is 5.41 Å². The number of hydrogen-bond donors (Lipinski definition) is 0. The van der Waals surface area contributed by atoms with Crippen LogP contribution in [-0.4, -0.2) is 51.7 Å². The number of likely N-dealkylation sites (N-methyl/N-ethyl adjacent to an activating group) is 1. The summed E-state index contributed by atoms with van der Waals surface area (Å²) in [6.45, 7) is 10.1. The number of aromatic nitrogens is 2. The van der Waals surface area contributed by atoms with Crippen molar-refractivity contribution < 1.29 is 4.79 Å². The molecule has 4 rings (SSSR count). The molecule has 1 amide bonds. The van der Waals surface area contributed by atoms with Crippen LogP contribution < -0.4 is 0 Å². The quantitative estimate of drug-likeness (QED) is 0.797. The van der Waals surface area contributed by atoms with E-state index in [1.54, 1.807) is 0 Å². The lowest BCUT2D eigenvalue weighted by Gasteiger charge is -2.49. The molecule has 2 saturated heterocycles. The zero-order valence-electron chi connectivity index (χ0n) is 17.2. The van der Waals surface area contributed by atoms with Gasteiger partial charge in [-0.2, -0.15) is 5.10 Å². The lowest BCUT2D eigenvalue weighted by atomic mass is 9.67. The minimum atomic E-state index is 0.0178. The topological polar surface area (TPSA) is 41.4 Å². The molecule has 5 nitrogen and oxygen atoms in total. The number of amides is 1. The lowest BCUT2D eigenvalue weighted by Crippen LogP contribution is -2.53. The molecule has 150 valence electrons. The third-order valence-corrected chi connectivity index (χ3v) is 6.69. The molecule has 3 heterocycles. The third-order valence-electron chi connectivity index (χ3n) is 6.69. The van der Waals surface area contributed by atoms with Gasteiger partial charge in [-0.25, -0.2) is 0 Å². The Balaban J connectivity index is 1.45. The first-order valence-corrected chi connectivity index (χ1v) is 10.7. The molecule has 28 heavy (non-hydrogen) atoms. The van der Waals surface area contributed by atoms with Gasteiger partial charge in [0.1, 0.15) is 0 Å². The summed E-state index contributed by atoms with van der Waals surface area (Å²) < 4.78 is 2.00. The normalized spacial score (nSPS) is 22.7. The first-order valence-electron chi connectivity index (χ1n) is 10.7. The van der Waals surface area contributed by atoms with Crippen molar-refractivity contribution in [3.8, 4) is 0 Å². The van der Waals surface area contributed by atoms with Gasteiger partial charge < -0.3 is 4.90 Å². The highest BCUT2D eigenvalue weighted by molar-refractivity contribution is 5.84. The standard InChI is InChI=1S/C23H32N4O/c1-3-26-18-23(14-21(22(26)28)20-8-6-5-7-9-20)10-12-25(13-11-23)16-19-15-24-27(4-2)17-19/h5-9,15,17,21H,3-4,10-14,16,18H2,1-2H3/t21-/m0/s1. The van der Waals surface area contributed by atoms with Gasteiger partial charge in [0.15, 0.2) is 0 Å². The van der Waals surface area contributed by atoms with Crippen LogP contribution in [0.3, 0.4) is 0 Å². The number of benzene rings is 1. The minimum Gasteiger partial charge on any atom is -0.342 e. The van der Waals surface area contributed by atoms with Gasteiger partial charge >= 0.3 is 0 Å². The first-order chi connectivity index (χ1) is 13.6. The number of likely N-dealkylation sites (tertiary alicyclic amines) is 2. The van der Waals surface area contributed by atoms with E-state index in [1.807, 2.05) is 16.9 Å². The number of piperidine rings is 2. The van der Waals surface area contributed by atoms with Gasteiger partial charge in [-0.15, -0.1) is 0 Å². The molecule has 0 saturated carbocycles. The summed E-state index contributed by atoms with van der Waals surface area (Å²) in [5.41, 5.74) is 2.74. The zero-order valence-corrected chi connectivity index (χ0v) is 17.2. The largest absolute Gasteiger partial charge is 0.342 e. The number of carbonyl (C=O) groups is 1. The number of rotatable bonds is 5. The average Bonchev–Trinajstić information content (AvgIpc) is 3.20. The predicted molar refractivity (Wildman–Crippen MR) is 111 cm³/mol. The van der Waals surface area contributed by atoms with E-state index in [4.69, 9.17) is 0 Å². The summed E-state index contributed by atoms with van der Waals surface area (Å²) in [5.74, 6) is 0.331. The third kappa shape index (κ3) is 3.86. The van der Waals surface area contributed by atoms with E-state index in [2.05, 4.69) is 59.2 Å². The molecule has 1 aromatic carbocycles. The molecule has 0 radical (unpaired) electrons. The number of hydrogen-bond acceptors (Lipinski definition) is 3. The van der Waals surface area contributed by atoms with Crippen molar-refractivity contribution in [2.75, 3.05) is 26.2 Å². The Morgan fingerprint density at radius 2 is 1.86 bits per heavy atom. The molecule has 2 fully saturated rings. The van der Waals surface area contributed by atoms with Gasteiger partial charge in [0, 0.05) is 37.9 Å². The van der Waals surface area contributed by atoms with E-state index in [0.29, 0.717) is 5.91 Å². The van der Waals surface area contributed by atoms with Crippen LogP contribution in [0.2, 0.25) is 0 Å². The summed E-state index contributed by atoms with van der Waals surface area (Å²) in [5, 5.41) is 4.40. The van der Waals surface area contributed by atoms with Crippen molar-refractivity contribution in [2.45, 2.75) is 52.1 Å². The second-order valence-corrected chi connectivity index (χ2v) is 8.50. The average molecular weight is 381 g/mol. The maximum atomic E-state index is 13.0. The maximum absolute atomic E-state index is 13.0. The van der Waals surface area contributed by atoms with Gasteiger partial charge in [-0.05, 0) is 57.2 Å². The fourth-order valence-corrected chi connectivity index (χ4v) is 4.97. The SMILES string of the molecule is CCN1CC2(CCN(Cc3cnn(CC)c3)CC2)C[C@@H](c2ccccc2)C1=O. The smallest absolute Gasteiger partial charge is 0.230 e. The van der Waals surface area contributed by atoms with E-state index >= 15 is 0 Å². The first kappa shape index (κ1) is 19.2. The molecule has 2 aliphatic heterocycles. The van der Waals surface area contributed by atoms with Crippen molar-refractivity contribution in [3.05, 3.63) is 53.9 Å². The van der Waals surface area contributed by atoms with Crippen molar-refractivity contribution in [3.63, 3.8) is 0 Å². The summed E-state index contributed by atoms with van der Waals surface area (Å²) in [7, 11) is 0. The van der Waals surface area contributed by atoms with Gasteiger partial charge in [0.05, 0.1) is 12.1 Å². The van der Waals surface area contributed by atoms with Gasteiger partial charge in [0.25, 0.3) is 0 Å². The number of nitrogens with zero attached hydrogens (tertiary/aromatic N) is 4. The van der Waals surface area contributed by atoms with Crippen LogP contribution in [0.1, 0.15) is 50.2 Å². The molecule has 5 heteroatoms. The van der Waals surface area contributed by atoms with Crippen LogP contribution in [0.25, 0.3) is 0 Å². The van der Waals surface area contributed by atoms with Crippen LogP contribution >= 0.6 is 0 Å². The Kier molecular flexibility index (Phi) is 5.54. The van der Waals surface area contributed by atoms with Gasteiger partial charge in [-0.3, -0.25) is 14.4 Å². The minimum absolute atomic E-state index is 0.0178. The molecular formula is C23H32N4O. The highest BCUT2D eigenvalue weighted by atomic mass is 16.2. The molecule has 0 unspecified atom stereocenters. The van der Waals surface area contributed by atoms with Crippen LogP contribution in [0.15, 0.2) is 42.7 Å². The molecular weight excluding hydrogens is 348 g/mol. The second-order valence-electron chi connectivity index (χ2n) is 8.50. The molecule has 2 aromatic rings. The molecule has 1 spiro atoms. The Labute approximate surface area is 168 Å². The molecule has 0 aliphatic carbocycles. The van der Waals surface area contributed by atoms with E-state index in [-0.39, 0.29) is 11.3 Å². The van der Waals surface area contributed by atoms with Crippen LogP contribution in [0.5, 0.6) is 0 Å². The molecule has 1 atom stereocenters. The van der Waals surface area contributed by atoms with E-state index in [9.17, 15) is 4.79 Å². The zero-order chi connectivity index (χ0) is 19.6. The fraction of sp³-hybridized carbons (Fsp3) is 0.565. The van der Waals surface area contributed by atoms with E-state index < -0.39 is 0 Å². The summed E-state index contributed by atoms with van der Waals surface area (Å²) in [6, 6.07) is 10.4. The molecule has 0 bridgehead atoms. The van der Waals surface area contributed by atoms with Crippen LogP contribution in [0.4, 0.5) is 0 Å². The molecule has 2 aliphatic rings. The van der Waals surface area contributed by atoms with Crippen LogP contribution in [-0.2, 0) is 17.9 Å². The lowest BCUT2D eigenvalue weighted by molar-refractivity contribution is -0.141. The number of carbonyl (C=O) groups excluding carboxylic acids is 1. The number of aryl methyl sites for hydroxylation is 1. The van der Waals surface area contributed by atoms with Gasteiger partial charge in [-0.1, -0.05) is 30.3 Å². The predicted octanol–water partition coefficient (Wildman–Crippen LogP) is 3.52. The monoisotopic (exact) mass is 380 g/mol. The maximum Gasteiger partial charge on any atom is 0.230 e.